The molecule has 0 N–H and O–H groups in total. The van der Waals surface area contributed by atoms with Gasteiger partial charge < -0.3 is 33.2 Å². The lowest BCUT2D eigenvalue weighted by atomic mass is 10.1. The van der Waals surface area contributed by atoms with E-state index in [1.165, 1.54) is 40.6 Å². The van der Waals surface area contributed by atoms with Gasteiger partial charge in [-0.05, 0) is 12.1 Å². The Kier molecular flexibility index (Phi) is 7.63. The number of piperazine rings is 1. The summed E-state index contributed by atoms with van der Waals surface area (Å²) in [7, 11) is 1.56. The number of hydrogen-bond acceptors (Lipinski definition) is 12. The van der Waals surface area contributed by atoms with Gasteiger partial charge in [-0.15, -0.1) is 6.58 Å². The number of nitrogens with zero attached hydrogens (tertiary/aromatic N) is 4. The average molecular weight is 583 g/mol. The summed E-state index contributed by atoms with van der Waals surface area (Å²) in [5.41, 5.74) is 0.191. The van der Waals surface area contributed by atoms with Crippen LogP contribution in [-0.2, 0) is 9.84 Å². The maximum Gasteiger partial charge on any atom is 0.225 e. The molecule has 13 heteroatoms. The first-order valence-corrected chi connectivity index (χ1v) is 14.4. The molecule has 2 aromatic heterocycles. The van der Waals surface area contributed by atoms with Gasteiger partial charge in [0.05, 0.1) is 39.6 Å². The number of anilines is 2. The minimum absolute atomic E-state index is 0.0172. The van der Waals surface area contributed by atoms with Gasteiger partial charge in [-0.25, -0.2) is 18.4 Å². The molecular weight excluding hydrogens is 552 g/mol. The maximum atomic E-state index is 14.1. The molecule has 4 aromatic rings. The molecule has 0 atom stereocenters. The van der Waals surface area contributed by atoms with Crippen molar-refractivity contribution in [1.29, 1.82) is 0 Å². The van der Waals surface area contributed by atoms with Crippen LogP contribution in [0.3, 0.4) is 0 Å². The molecule has 3 heterocycles. The molecule has 0 saturated carbocycles. The molecule has 41 heavy (non-hydrogen) atoms. The van der Waals surface area contributed by atoms with E-state index in [9.17, 15) is 13.2 Å². The van der Waals surface area contributed by atoms with Crippen LogP contribution in [0.1, 0.15) is 0 Å². The topological polar surface area (TPSA) is 134 Å². The van der Waals surface area contributed by atoms with Crippen LogP contribution in [-0.4, -0.2) is 78.8 Å². The molecule has 0 bridgehead atoms. The van der Waals surface area contributed by atoms with Crippen molar-refractivity contribution in [2.75, 3.05) is 70.2 Å². The molecule has 5 rings (SSSR count). The SMILES string of the molecule is C=CCS(=O)(=O)c1c(OC)c(N2CCN(c3ncccn3)CC2)c2oc3cc(OC)c(OC)cc3c(=O)c2c1OC. The van der Waals surface area contributed by atoms with E-state index >= 15 is 0 Å². The van der Waals surface area contributed by atoms with Gasteiger partial charge in [0.15, 0.2) is 43.3 Å². The van der Waals surface area contributed by atoms with Crippen molar-refractivity contribution < 1.29 is 31.8 Å². The van der Waals surface area contributed by atoms with E-state index in [4.69, 9.17) is 23.4 Å². The number of aromatic nitrogens is 2. The third-order valence-electron chi connectivity index (χ3n) is 6.95. The molecule has 12 nitrogen and oxygen atoms in total. The van der Waals surface area contributed by atoms with Gasteiger partial charge in [-0.1, -0.05) is 6.08 Å². The van der Waals surface area contributed by atoms with Crippen LogP contribution in [0.25, 0.3) is 21.9 Å². The fourth-order valence-electron chi connectivity index (χ4n) is 5.10. The third-order valence-corrected chi connectivity index (χ3v) is 8.62. The Balaban J connectivity index is 1.83. The lowest BCUT2D eigenvalue weighted by molar-refractivity contribution is 0.355. The summed E-state index contributed by atoms with van der Waals surface area (Å²) in [5.74, 6) is 0.732. The van der Waals surface area contributed by atoms with Crippen molar-refractivity contribution in [1.82, 2.24) is 9.97 Å². The van der Waals surface area contributed by atoms with Crippen LogP contribution in [0.15, 0.2) is 57.4 Å². The monoisotopic (exact) mass is 582 g/mol. The number of benzene rings is 2. The number of rotatable bonds is 9. The van der Waals surface area contributed by atoms with Gasteiger partial charge in [0, 0.05) is 44.6 Å². The molecule has 1 aliphatic heterocycles. The Morgan fingerprint density at radius 3 is 2.12 bits per heavy atom. The van der Waals surface area contributed by atoms with E-state index in [1.54, 1.807) is 24.5 Å². The van der Waals surface area contributed by atoms with Crippen LogP contribution in [0.2, 0.25) is 0 Å². The van der Waals surface area contributed by atoms with Crippen LogP contribution in [0, 0.1) is 0 Å². The number of ether oxygens (including phenoxy) is 4. The number of hydrogen-bond donors (Lipinski definition) is 0. The fourth-order valence-corrected chi connectivity index (χ4v) is 6.51. The molecule has 1 saturated heterocycles. The van der Waals surface area contributed by atoms with Crippen LogP contribution in [0.5, 0.6) is 23.0 Å². The lowest BCUT2D eigenvalue weighted by Crippen LogP contribution is -2.47. The molecule has 0 aliphatic carbocycles. The highest BCUT2D eigenvalue weighted by molar-refractivity contribution is 7.91. The van der Waals surface area contributed by atoms with Gasteiger partial charge in [0.2, 0.25) is 11.4 Å². The Morgan fingerprint density at radius 2 is 1.54 bits per heavy atom. The zero-order chi connectivity index (χ0) is 29.3. The summed E-state index contributed by atoms with van der Waals surface area (Å²) < 4.78 is 55.9. The smallest absolute Gasteiger partial charge is 0.225 e. The zero-order valence-electron chi connectivity index (χ0n) is 23.2. The molecule has 0 radical (unpaired) electrons. The first-order chi connectivity index (χ1) is 19.8. The summed E-state index contributed by atoms with van der Waals surface area (Å²) in [5, 5.41) is 0.141. The largest absolute Gasteiger partial charge is 0.494 e. The van der Waals surface area contributed by atoms with Crippen molar-refractivity contribution in [3.8, 4) is 23.0 Å². The quantitative estimate of drug-likeness (QED) is 0.212. The maximum absolute atomic E-state index is 14.1. The molecule has 2 aromatic carbocycles. The molecule has 0 unspecified atom stereocenters. The van der Waals surface area contributed by atoms with Gasteiger partial charge >= 0.3 is 0 Å². The highest BCUT2D eigenvalue weighted by Crippen LogP contribution is 2.49. The predicted octanol–water partition coefficient (Wildman–Crippen LogP) is 3.06. The first-order valence-electron chi connectivity index (χ1n) is 12.7. The summed E-state index contributed by atoms with van der Waals surface area (Å²) >= 11 is 0. The summed E-state index contributed by atoms with van der Waals surface area (Å²) in [6, 6.07) is 4.81. The Labute approximate surface area is 236 Å². The van der Waals surface area contributed by atoms with Crippen LogP contribution in [0.4, 0.5) is 11.6 Å². The number of sulfone groups is 1. The highest BCUT2D eigenvalue weighted by Gasteiger charge is 2.36. The molecule has 216 valence electrons. The second-order valence-electron chi connectivity index (χ2n) is 9.18. The van der Waals surface area contributed by atoms with E-state index in [2.05, 4.69) is 16.5 Å². The average Bonchev–Trinajstić information content (AvgIpc) is 2.99. The van der Waals surface area contributed by atoms with Gasteiger partial charge in [-0.2, -0.15) is 0 Å². The van der Waals surface area contributed by atoms with E-state index in [1.807, 2.05) is 9.80 Å². The second-order valence-corrected chi connectivity index (χ2v) is 11.1. The van der Waals surface area contributed by atoms with E-state index < -0.39 is 21.0 Å². The highest BCUT2D eigenvalue weighted by atomic mass is 32.2. The van der Waals surface area contributed by atoms with E-state index in [0.717, 1.165) is 0 Å². The molecule has 1 fully saturated rings. The van der Waals surface area contributed by atoms with Gasteiger partial charge in [-0.3, -0.25) is 4.79 Å². The van der Waals surface area contributed by atoms with Crippen molar-refractivity contribution in [2.45, 2.75) is 4.90 Å². The van der Waals surface area contributed by atoms with Crippen molar-refractivity contribution in [3.05, 3.63) is 53.5 Å². The molecule has 1 aliphatic rings. The molecule has 0 amide bonds. The molecule has 0 spiro atoms. The van der Waals surface area contributed by atoms with Crippen LogP contribution >= 0.6 is 0 Å². The minimum Gasteiger partial charge on any atom is -0.494 e. The Bertz CT molecular complexity index is 1780. The van der Waals surface area contributed by atoms with Gasteiger partial charge in [0.1, 0.15) is 16.7 Å². The van der Waals surface area contributed by atoms with Crippen molar-refractivity contribution >= 4 is 43.4 Å². The number of fused-ring (bicyclic) bond motifs is 2. The third kappa shape index (κ3) is 4.75. The Hall–Kier alpha value is -4.52. The van der Waals surface area contributed by atoms with E-state index in [0.29, 0.717) is 49.3 Å². The normalized spacial score (nSPS) is 13.9. The lowest BCUT2D eigenvalue weighted by Gasteiger charge is -2.37. The number of methoxy groups -OCH3 is 4. The first kappa shape index (κ1) is 28.0. The second kappa shape index (κ2) is 11.2. The Morgan fingerprint density at radius 1 is 0.927 bits per heavy atom. The summed E-state index contributed by atoms with van der Waals surface area (Å²) in [4.78, 5) is 26.5. The fraction of sp³-hybridized carbons (Fsp3) is 0.321. The zero-order valence-corrected chi connectivity index (χ0v) is 24.0. The molecular formula is C28H30N4O8S. The van der Waals surface area contributed by atoms with Gasteiger partial charge in [0.25, 0.3) is 0 Å². The predicted molar refractivity (Wildman–Crippen MR) is 155 cm³/mol. The summed E-state index contributed by atoms with van der Waals surface area (Å²) in [6.07, 6.45) is 4.62. The van der Waals surface area contributed by atoms with Crippen molar-refractivity contribution in [3.63, 3.8) is 0 Å². The van der Waals surface area contributed by atoms with E-state index in [-0.39, 0.29) is 38.3 Å². The standard InChI is InChI=1S/C28H30N4O8S/c1-6-14-41(34,35)27-25(38-4)21-23(33)17-15-19(36-2)20(37-3)16-18(17)40-24(21)22(26(27)39-5)31-10-12-32(13-11-31)28-29-8-7-9-30-28/h6-9,15-16H,1,10-14H2,2-5H3. The summed E-state index contributed by atoms with van der Waals surface area (Å²) in [6.45, 7) is 5.52. The minimum atomic E-state index is -4.05. The van der Waals surface area contributed by atoms with Crippen LogP contribution < -0.4 is 34.2 Å². The van der Waals surface area contributed by atoms with Crippen molar-refractivity contribution in [2.24, 2.45) is 0 Å².